The molecule has 0 atom stereocenters. The molecular formula is C12H25N3. The van der Waals surface area contributed by atoms with Gasteiger partial charge in [0.1, 0.15) is 0 Å². The first-order chi connectivity index (χ1) is 7.27. The minimum Gasteiger partial charge on any atom is -0.370 e. The molecule has 88 valence electrons. The van der Waals surface area contributed by atoms with Crippen molar-refractivity contribution in [2.45, 2.75) is 46.0 Å². The van der Waals surface area contributed by atoms with E-state index in [4.69, 9.17) is 5.73 Å². The summed E-state index contributed by atoms with van der Waals surface area (Å²) in [6, 6.07) is 0. The molecule has 2 N–H and O–H groups in total. The Kier molecular flexibility index (Phi) is 5.51. The summed E-state index contributed by atoms with van der Waals surface area (Å²) in [7, 11) is 0. The largest absolute Gasteiger partial charge is 0.370 e. The van der Waals surface area contributed by atoms with E-state index < -0.39 is 0 Å². The third-order valence-electron chi connectivity index (χ3n) is 3.13. The number of aliphatic imine (C=N–C) groups is 1. The van der Waals surface area contributed by atoms with Crippen LogP contribution < -0.4 is 5.73 Å². The molecule has 15 heavy (non-hydrogen) atoms. The van der Waals surface area contributed by atoms with Crippen molar-refractivity contribution in [2.75, 3.05) is 19.6 Å². The third kappa shape index (κ3) is 4.10. The Morgan fingerprint density at radius 3 is 2.47 bits per heavy atom. The minimum absolute atomic E-state index is 0.756. The quantitative estimate of drug-likeness (QED) is 0.572. The molecule has 0 saturated carbocycles. The van der Waals surface area contributed by atoms with E-state index in [1.54, 1.807) is 0 Å². The maximum absolute atomic E-state index is 5.93. The van der Waals surface area contributed by atoms with E-state index >= 15 is 0 Å². The predicted molar refractivity (Wildman–Crippen MR) is 66.0 cm³/mol. The summed E-state index contributed by atoms with van der Waals surface area (Å²) in [5, 5.41) is 0. The average molecular weight is 211 g/mol. The van der Waals surface area contributed by atoms with Gasteiger partial charge < -0.3 is 10.6 Å². The summed E-state index contributed by atoms with van der Waals surface area (Å²) in [6.45, 7) is 7.46. The Hall–Kier alpha value is -0.730. The summed E-state index contributed by atoms with van der Waals surface area (Å²) in [6.07, 6.45) is 6.34. The summed E-state index contributed by atoms with van der Waals surface area (Å²) in [4.78, 5) is 6.60. The van der Waals surface area contributed by atoms with E-state index in [9.17, 15) is 0 Å². The Bertz CT molecular complexity index is 193. The number of guanidine groups is 1. The van der Waals surface area contributed by atoms with Crippen molar-refractivity contribution >= 4 is 5.96 Å². The molecule has 0 amide bonds. The fraction of sp³-hybridized carbons (Fsp3) is 0.917. The lowest BCUT2D eigenvalue weighted by Crippen LogP contribution is -2.43. The van der Waals surface area contributed by atoms with Crippen molar-refractivity contribution in [3.63, 3.8) is 0 Å². The zero-order chi connectivity index (χ0) is 11.1. The Labute approximate surface area is 93.7 Å². The number of hydrogen-bond donors (Lipinski definition) is 1. The van der Waals surface area contributed by atoms with Crippen LogP contribution in [0.3, 0.4) is 0 Å². The number of rotatable bonds is 4. The molecule has 1 heterocycles. The molecule has 1 rings (SSSR count). The van der Waals surface area contributed by atoms with Gasteiger partial charge in [-0.25, -0.2) is 0 Å². The molecule has 0 spiro atoms. The molecule has 0 aliphatic carbocycles. The molecule has 3 heteroatoms. The average Bonchev–Trinajstić information content (AvgIpc) is 2.27. The molecule has 0 bridgehead atoms. The van der Waals surface area contributed by atoms with Crippen LogP contribution in [-0.2, 0) is 0 Å². The molecule has 1 aliphatic rings. The summed E-state index contributed by atoms with van der Waals surface area (Å²) in [5.74, 6) is 1.68. The van der Waals surface area contributed by atoms with E-state index in [1.807, 2.05) is 0 Å². The topological polar surface area (TPSA) is 41.6 Å². The van der Waals surface area contributed by atoms with Crippen LogP contribution in [0.2, 0.25) is 0 Å². The molecule has 0 radical (unpaired) electrons. The Morgan fingerprint density at radius 2 is 1.93 bits per heavy atom. The lowest BCUT2D eigenvalue weighted by atomic mass is 9.93. The second-order valence-corrected chi connectivity index (χ2v) is 4.46. The van der Waals surface area contributed by atoms with Gasteiger partial charge in [0.05, 0.1) is 0 Å². The number of piperidine rings is 1. The summed E-state index contributed by atoms with van der Waals surface area (Å²) < 4.78 is 0. The highest BCUT2D eigenvalue weighted by Gasteiger charge is 2.19. The minimum atomic E-state index is 0.756. The number of nitrogens with zero attached hydrogens (tertiary/aromatic N) is 2. The van der Waals surface area contributed by atoms with Crippen LogP contribution in [0, 0.1) is 5.92 Å². The first-order valence-electron chi connectivity index (χ1n) is 6.32. The van der Waals surface area contributed by atoms with Crippen LogP contribution in [-0.4, -0.2) is 30.5 Å². The van der Waals surface area contributed by atoms with Crippen LogP contribution in [0.4, 0.5) is 0 Å². The van der Waals surface area contributed by atoms with Gasteiger partial charge in [0.25, 0.3) is 0 Å². The van der Waals surface area contributed by atoms with Crippen molar-refractivity contribution in [1.29, 1.82) is 0 Å². The van der Waals surface area contributed by atoms with Crippen LogP contribution in [0.15, 0.2) is 4.99 Å². The summed E-state index contributed by atoms with van der Waals surface area (Å²) in [5.41, 5.74) is 5.93. The Balaban J connectivity index is 2.30. The van der Waals surface area contributed by atoms with Gasteiger partial charge in [-0.05, 0) is 25.2 Å². The molecule has 1 saturated heterocycles. The molecule has 0 aromatic heterocycles. The van der Waals surface area contributed by atoms with Gasteiger partial charge in [0.2, 0.25) is 0 Å². The Morgan fingerprint density at radius 1 is 1.27 bits per heavy atom. The maximum atomic E-state index is 5.93. The fourth-order valence-electron chi connectivity index (χ4n) is 2.19. The van der Waals surface area contributed by atoms with E-state index in [-0.39, 0.29) is 0 Å². The molecule has 0 aromatic carbocycles. The number of nitrogens with two attached hydrogens (primary N) is 1. The molecule has 1 fully saturated rings. The van der Waals surface area contributed by atoms with E-state index in [0.29, 0.717) is 0 Å². The lowest BCUT2D eigenvalue weighted by Gasteiger charge is -2.32. The molecule has 0 unspecified atom stereocenters. The van der Waals surface area contributed by atoms with E-state index in [0.717, 1.165) is 37.9 Å². The fourth-order valence-corrected chi connectivity index (χ4v) is 2.19. The van der Waals surface area contributed by atoms with Gasteiger partial charge in [-0.3, -0.25) is 4.99 Å². The van der Waals surface area contributed by atoms with E-state index in [2.05, 4.69) is 23.7 Å². The molecular weight excluding hydrogens is 186 g/mol. The molecule has 0 aromatic rings. The highest BCUT2D eigenvalue weighted by Crippen LogP contribution is 2.21. The first kappa shape index (κ1) is 12.3. The van der Waals surface area contributed by atoms with E-state index in [1.165, 1.54) is 25.7 Å². The second-order valence-electron chi connectivity index (χ2n) is 4.46. The maximum Gasteiger partial charge on any atom is 0.191 e. The zero-order valence-electron chi connectivity index (χ0n) is 10.2. The number of hydrogen-bond acceptors (Lipinski definition) is 1. The van der Waals surface area contributed by atoms with Crippen molar-refractivity contribution in [2.24, 2.45) is 16.6 Å². The predicted octanol–water partition coefficient (Wildman–Crippen LogP) is 2.22. The smallest absolute Gasteiger partial charge is 0.191 e. The normalized spacial score (nSPS) is 19.6. The lowest BCUT2D eigenvalue weighted by molar-refractivity contribution is 0.252. The van der Waals surface area contributed by atoms with Gasteiger partial charge in [-0.1, -0.05) is 26.7 Å². The van der Waals surface area contributed by atoms with Crippen molar-refractivity contribution < 1.29 is 0 Å². The number of likely N-dealkylation sites (tertiary alicyclic amines) is 1. The molecule has 1 aliphatic heterocycles. The van der Waals surface area contributed by atoms with Gasteiger partial charge in [0, 0.05) is 19.6 Å². The van der Waals surface area contributed by atoms with Gasteiger partial charge in [-0.2, -0.15) is 0 Å². The third-order valence-corrected chi connectivity index (χ3v) is 3.13. The molecule has 3 nitrogen and oxygen atoms in total. The van der Waals surface area contributed by atoms with Gasteiger partial charge >= 0.3 is 0 Å². The van der Waals surface area contributed by atoms with Crippen LogP contribution >= 0.6 is 0 Å². The van der Waals surface area contributed by atoms with Crippen LogP contribution in [0.25, 0.3) is 0 Å². The van der Waals surface area contributed by atoms with Crippen molar-refractivity contribution in [3.8, 4) is 0 Å². The van der Waals surface area contributed by atoms with Gasteiger partial charge in [0.15, 0.2) is 5.96 Å². The SMILES string of the molecule is CCCN=C(N)N1CCC(CCC)CC1. The highest BCUT2D eigenvalue weighted by molar-refractivity contribution is 5.78. The van der Waals surface area contributed by atoms with Crippen LogP contribution in [0.1, 0.15) is 46.0 Å². The standard InChI is InChI=1S/C12H25N3/c1-3-5-11-6-9-15(10-7-11)12(13)14-8-4-2/h11H,3-10H2,1-2H3,(H2,13,14). The van der Waals surface area contributed by atoms with Gasteiger partial charge in [-0.15, -0.1) is 0 Å². The zero-order valence-corrected chi connectivity index (χ0v) is 10.2. The first-order valence-corrected chi connectivity index (χ1v) is 6.32. The monoisotopic (exact) mass is 211 g/mol. The van der Waals surface area contributed by atoms with Crippen molar-refractivity contribution in [1.82, 2.24) is 4.90 Å². The van der Waals surface area contributed by atoms with Crippen LogP contribution in [0.5, 0.6) is 0 Å². The second kappa shape index (κ2) is 6.70. The van der Waals surface area contributed by atoms with Crippen molar-refractivity contribution in [3.05, 3.63) is 0 Å². The highest BCUT2D eigenvalue weighted by atomic mass is 15.3. The summed E-state index contributed by atoms with van der Waals surface area (Å²) >= 11 is 0.